The number of rotatable bonds is 11. The van der Waals surface area contributed by atoms with Gasteiger partial charge in [-0.25, -0.2) is 24.5 Å². The molecule has 0 saturated carbocycles. The van der Waals surface area contributed by atoms with E-state index in [1.54, 1.807) is 16.0 Å². The number of hydrogen-bond acceptors (Lipinski definition) is 12. The lowest BCUT2D eigenvalue weighted by Crippen LogP contribution is -2.53. The molecule has 3 aliphatic heterocycles. The molecule has 0 aliphatic carbocycles. The molecule has 0 radical (unpaired) electrons. The van der Waals surface area contributed by atoms with Gasteiger partial charge in [-0.3, -0.25) is 9.80 Å². The molecular weight excluding hydrogens is 749 g/mol. The van der Waals surface area contributed by atoms with Crippen LogP contribution in [0.2, 0.25) is 0 Å². The minimum absolute atomic E-state index is 0.0620. The van der Waals surface area contributed by atoms with Crippen LogP contribution in [0.1, 0.15) is 126 Å². The van der Waals surface area contributed by atoms with Crippen LogP contribution in [0.25, 0.3) is 0 Å². The number of ether oxygens (including phenoxy) is 4. The zero-order valence-corrected chi connectivity index (χ0v) is 38.7. The highest BCUT2D eigenvalue weighted by atomic mass is 16.6. The summed E-state index contributed by atoms with van der Waals surface area (Å²) in [6.45, 7) is 30.2. The molecule has 1 atom stereocenters. The normalized spacial score (nSPS) is 16.1. The van der Waals surface area contributed by atoms with Crippen molar-refractivity contribution in [1.82, 2.24) is 14.9 Å². The molecule has 1 fully saturated rings. The summed E-state index contributed by atoms with van der Waals surface area (Å²) < 4.78 is 22.4. The molecule has 1 N–H and O–H groups in total. The number of anilines is 4. The van der Waals surface area contributed by atoms with Crippen molar-refractivity contribution in [3.05, 3.63) is 41.4 Å². The first-order valence-corrected chi connectivity index (χ1v) is 21.7. The largest absolute Gasteiger partial charge is 0.474 e. The predicted molar refractivity (Wildman–Crippen MR) is 240 cm³/mol. The third kappa shape index (κ3) is 14.0. The third-order valence-corrected chi connectivity index (χ3v) is 9.53. The zero-order chi connectivity index (χ0) is 43.9. The number of aliphatic imine (C=N–C) groups is 1. The van der Waals surface area contributed by atoms with Gasteiger partial charge in [0.2, 0.25) is 11.8 Å². The summed E-state index contributed by atoms with van der Waals surface area (Å²) in [5.74, 6) is 1.74. The van der Waals surface area contributed by atoms with Crippen LogP contribution in [0, 0.1) is 13.8 Å². The Morgan fingerprint density at radius 3 is 2.22 bits per heavy atom. The minimum atomic E-state index is -0.617. The monoisotopic (exact) mass is 823 g/mol. The van der Waals surface area contributed by atoms with Crippen LogP contribution in [0.3, 0.4) is 0 Å². The Hall–Kier alpha value is -4.59. The maximum atomic E-state index is 13.2. The van der Waals surface area contributed by atoms with E-state index in [1.165, 1.54) is 5.57 Å². The molecular formula is C45H74N8O6. The summed E-state index contributed by atoms with van der Waals surface area (Å²) in [6, 6.07) is 2.05. The first-order chi connectivity index (χ1) is 28.0. The lowest BCUT2D eigenvalue weighted by atomic mass is 9.96. The van der Waals surface area contributed by atoms with Crippen molar-refractivity contribution in [3.63, 3.8) is 0 Å². The zero-order valence-electron chi connectivity index (χ0n) is 38.7. The molecule has 2 amide bonds. The van der Waals surface area contributed by atoms with E-state index in [0.29, 0.717) is 49.6 Å². The van der Waals surface area contributed by atoms with E-state index in [-0.39, 0.29) is 6.04 Å². The fourth-order valence-corrected chi connectivity index (χ4v) is 6.80. The quantitative estimate of drug-likeness (QED) is 0.217. The number of hydrogen-bond donors (Lipinski definition) is 1. The second-order valence-corrected chi connectivity index (χ2v) is 16.8. The van der Waals surface area contributed by atoms with Gasteiger partial charge in [0, 0.05) is 51.7 Å². The van der Waals surface area contributed by atoms with E-state index in [0.717, 1.165) is 80.8 Å². The van der Waals surface area contributed by atoms with Gasteiger partial charge in [-0.1, -0.05) is 47.5 Å². The number of unbranched alkanes of at least 4 members (excludes halogenated alkanes) is 2. The lowest BCUT2D eigenvalue weighted by Gasteiger charge is -2.43. The van der Waals surface area contributed by atoms with Gasteiger partial charge < -0.3 is 34.1 Å². The van der Waals surface area contributed by atoms with Crippen molar-refractivity contribution in [2.24, 2.45) is 4.99 Å². The highest BCUT2D eigenvalue weighted by Crippen LogP contribution is 2.40. The van der Waals surface area contributed by atoms with E-state index in [4.69, 9.17) is 28.9 Å². The number of likely N-dealkylation sites (N-methyl/N-ethyl adjacent to an activating group) is 1. The van der Waals surface area contributed by atoms with Crippen LogP contribution in [0.15, 0.2) is 35.2 Å². The first kappa shape index (κ1) is 48.8. The Labute approximate surface area is 354 Å². The van der Waals surface area contributed by atoms with Crippen molar-refractivity contribution in [2.75, 3.05) is 73.1 Å². The molecule has 14 heteroatoms. The maximum Gasteiger partial charge on any atom is 0.416 e. The van der Waals surface area contributed by atoms with Crippen LogP contribution in [0.4, 0.5) is 32.5 Å². The van der Waals surface area contributed by atoms with E-state index in [1.807, 2.05) is 94.7 Å². The van der Waals surface area contributed by atoms with Gasteiger partial charge in [-0.05, 0) is 98.3 Å². The van der Waals surface area contributed by atoms with Gasteiger partial charge in [0.1, 0.15) is 29.3 Å². The molecule has 1 saturated heterocycles. The van der Waals surface area contributed by atoms with Gasteiger partial charge >= 0.3 is 12.2 Å². The van der Waals surface area contributed by atoms with E-state index >= 15 is 0 Å². The predicted octanol–water partition coefficient (Wildman–Crippen LogP) is 9.88. The fraction of sp³-hybridized carbons (Fsp3) is 0.667. The van der Waals surface area contributed by atoms with Crippen molar-refractivity contribution < 1.29 is 28.5 Å². The molecule has 5 rings (SSSR count). The molecule has 0 spiro atoms. The molecule has 0 bridgehead atoms. The Morgan fingerprint density at radius 2 is 1.61 bits per heavy atom. The van der Waals surface area contributed by atoms with E-state index in [2.05, 4.69) is 40.9 Å². The minimum Gasteiger partial charge on any atom is -0.474 e. The number of nitrogens with zero attached hydrogens (tertiary/aromatic N) is 7. The van der Waals surface area contributed by atoms with Crippen molar-refractivity contribution in [3.8, 4) is 5.88 Å². The summed E-state index contributed by atoms with van der Waals surface area (Å²) in [5, 5.41) is 3.46. The molecule has 14 nitrogen and oxygen atoms in total. The van der Waals surface area contributed by atoms with Crippen molar-refractivity contribution in [2.45, 2.75) is 146 Å². The van der Waals surface area contributed by atoms with Crippen LogP contribution in [0.5, 0.6) is 5.88 Å². The third-order valence-electron chi connectivity index (χ3n) is 9.53. The van der Waals surface area contributed by atoms with Crippen LogP contribution in [-0.2, 0) is 14.2 Å². The molecule has 3 aliphatic rings. The molecule has 1 unspecified atom stereocenters. The standard InChI is InChI=1S/C37H54N8O5.C6H14O.C2H6/c1-11-12-13-15-45(35(47)50-37(7,8)9)31-24(2)19-27(21-38-31)41-33-40-20-26-14-16-43(23-29(26)42(33)10)28-22-39-32-30(25(28)3)44(17-18-48-32)34(46)49-36(4,5)6;1-3-5-7-6-4-2;1-2/h19-22,29H,11-18,23H2,1-10H3,(H,40,41);3-6H2,1-2H3;1-2H3. The van der Waals surface area contributed by atoms with E-state index in [9.17, 15) is 9.59 Å². The average molecular weight is 823 g/mol. The molecule has 5 heterocycles. The smallest absolute Gasteiger partial charge is 0.416 e. The second kappa shape index (κ2) is 22.7. The summed E-state index contributed by atoms with van der Waals surface area (Å²) in [7, 11) is 2.04. The highest BCUT2D eigenvalue weighted by Gasteiger charge is 2.36. The average Bonchev–Trinajstić information content (AvgIpc) is 3.18. The Morgan fingerprint density at radius 1 is 0.932 bits per heavy atom. The summed E-state index contributed by atoms with van der Waals surface area (Å²) in [5.41, 5.74) is 4.20. The molecule has 2 aromatic rings. The molecule has 0 aromatic carbocycles. The van der Waals surface area contributed by atoms with Gasteiger partial charge in [-0.15, -0.1) is 0 Å². The number of guanidine groups is 1. The molecule has 59 heavy (non-hydrogen) atoms. The van der Waals surface area contributed by atoms with Crippen LogP contribution < -0.4 is 24.8 Å². The number of piperidine rings is 1. The maximum absolute atomic E-state index is 13.2. The van der Waals surface area contributed by atoms with Gasteiger partial charge in [0.15, 0.2) is 0 Å². The van der Waals surface area contributed by atoms with Crippen LogP contribution >= 0.6 is 0 Å². The first-order valence-electron chi connectivity index (χ1n) is 21.7. The number of carbonyl (C=O) groups excluding carboxylic acids is 2. The van der Waals surface area contributed by atoms with E-state index < -0.39 is 23.4 Å². The number of nitrogens with one attached hydrogen (secondary N) is 1. The van der Waals surface area contributed by atoms with Gasteiger partial charge in [-0.2, -0.15) is 0 Å². The van der Waals surface area contributed by atoms with Gasteiger partial charge in [0.05, 0.1) is 36.4 Å². The summed E-state index contributed by atoms with van der Waals surface area (Å²) >= 11 is 0. The number of fused-ring (bicyclic) bond motifs is 2. The molecule has 330 valence electrons. The number of pyridine rings is 2. The number of carbonyl (C=O) groups is 2. The van der Waals surface area contributed by atoms with Crippen molar-refractivity contribution >= 4 is 41.0 Å². The van der Waals surface area contributed by atoms with Crippen LogP contribution in [-0.4, -0.2) is 103 Å². The lowest BCUT2D eigenvalue weighted by molar-refractivity contribution is 0.0560. The summed E-state index contributed by atoms with van der Waals surface area (Å²) in [4.78, 5) is 48.3. The Bertz CT molecular complexity index is 1730. The fourth-order valence-electron chi connectivity index (χ4n) is 6.80. The number of amides is 2. The summed E-state index contributed by atoms with van der Waals surface area (Å²) in [6.07, 6.45) is 10.8. The molecule has 2 aromatic heterocycles. The number of aryl methyl sites for hydroxylation is 1. The van der Waals surface area contributed by atoms with Crippen molar-refractivity contribution in [1.29, 1.82) is 0 Å². The number of aromatic nitrogens is 2. The second-order valence-electron chi connectivity index (χ2n) is 16.8. The topological polar surface area (TPSA) is 134 Å². The Balaban J connectivity index is 0.000000935. The van der Waals surface area contributed by atoms with Gasteiger partial charge in [0.25, 0.3) is 0 Å². The highest BCUT2D eigenvalue weighted by molar-refractivity contribution is 5.96. The Kier molecular flexibility index (Phi) is 18.8. The SMILES string of the molecule is CC.CCCCCN(C(=O)OC(C)(C)C)c1ncc(NC2=NC=C3CCN(c4cnc5c(c4C)N(C(=O)OC(C)(C)C)CCO5)CC3N2C)cc1C.CCCOCCC.